The molecule has 4 nitrogen and oxygen atoms in total. The van der Waals surface area contributed by atoms with Gasteiger partial charge in [0.05, 0.1) is 14.2 Å². The number of halogens is 2. The van der Waals surface area contributed by atoms with Crippen LogP contribution in [0.1, 0.15) is 37.2 Å². The number of nitrogens with one attached hydrogen (secondary N) is 1. The van der Waals surface area contributed by atoms with Gasteiger partial charge in [-0.2, -0.15) is 4.98 Å². The lowest BCUT2D eigenvalue weighted by Gasteiger charge is -2.10. The predicted octanol–water partition coefficient (Wildman–Crippen LogP) is 4.39. The molecule has 0 bridgehead atoms. The standard InChI is InChI=1S/C13H12Br2N2O2S/c14-7-5-8(20-10(7)15)11-16-12(18)9(13(19)17-11)6-3-1-2-4-6/h5-6H,1-4H2,(H2,16,17,18,19). The third kappa shape index (κ3) is 2.58. The summed E-state index contributed by atoms with van der Waals surface area (Å²) in [4.78, 5) is 20.0. The van der Waals surface area contributed by atoms with Gasteiger partial charge >= 0.3 is 0 Å². The molecule has 1 saturated carbocycles. The zero-order valence-electron chi connectivity index (χ0n) is 10.4. The molecule has 0 unspecified atom stereocenters. The molecule has 2 heterocycles. The second-order valence-electron chi connectivity index (χ2n) is 4.87. The maximum atomic E-state index is 12.2. The van der Waals surface area contributed by atoms with Crippen molar-refractivity contribution in [3.63, 3.8) is 0 Å². The minimum absolute atomic E-state index is 0.128. The molecular weight excluding hydrogens is 408 g/mol. The lowest BCUT2D eigenvalue weighted by molar-refractivity contribution is 0.436. The van der Waals surface area contributed by atoms with Gasteiger partial charge in [0.1, 0.15) is 0 Å². The largest absolute Gasteiger partial charge is 0.493 e. The number of aromatic nitrogens is 2. The van der Waals surface area contributed by atoms with Gasteiger partial charge in [0, 0.05) is 4.47 Å². The Morgan fingerprint density at radius 2 is 2.05 bits per heavy atom. The van der Waals surface area contributed by atoms with Gasteiger partial charge in [-0.1, -0.05) is 12.8 Å². The summed E-state index contributed by atoms with van der Waals surface area (Å²) in [6.07, 6.45) is 4.12. The maximum Gasteiger partial charge on any atom is 0.258 e. The summed E-state index contributed by atoms with van der Waals surface area (Å²) < 4.78 is 1.83. The van der Waals surface area contributed by atoms with Crippen LogP contribution in [0.2, 0.25) is 0 Å². The van der Waals surface area contributed by atoms with Gasteiger partial charge in [-0.05, 0) is 56.7 Å². The average molecular weight is 420 g/mol. The van der Waals surface area contributed by atoms with Crippen molar-refractivity contribution in [1.82, 2.24) is 9.97 Å². The van der Waals surface area contributed by atoms with E-state index in [4.69, 9.17) is 0 Å². The van der Waals surface area contributed by atoms with E-state index < -0.39 is 0 Å². The van der Waals surface area contributed by atoms with Crippen LogP contribution in [0.25, 0.3) is 10.7 Å². The summed E-state index contributed by atoms with van der Waals surface area (Å²) in [6, 6.07) is 1.86. The fourth-order valence-corrected chi connectivity index (χ4v) is 4.61. The zero-order valence-corrected chi connectivity index (χ0v) is 14.4. The quantitative estimate of drug-likeness (QED) is 0.758. The summed E-state index contributed by atoms with van der Waals surface area (Å²) in [6.45, 7) is 0. The Bertz CT molecular complexity index is 685. The molecule has 0 spiro atoms. The Balaban J connectivity index is 2.05. The minimum atomic E-state index is -0.222. The highest BCUT2D eigenvalue weighted by atomic mass is 79.9. The van der Waals surface area contributed by atoms with E-state index in [-0.39, 0.29) is 17.4 Å². The summed E-state index contributed by atoms with van der Waals surface area (Å²) in [7, 11) is 0. The molecule has 1 fully saturated rings. The van der Waals surface area contributed by atoms with Crippen molar-refractivity contribution in [2.24, 2.45) is 0 Å². The van der Waals surface area contributed by atoms with Crippen LogP contribution in [0.5, 0.6) is 5.88 Å². The van der Waals surface area contributed by atoms with Crippen molar-refractivity contribution < 1.29 is 5.11 Å². The number of rotatable bonds is 2. The van der Waals surface area contributed by atoms with Crippen LogP contribution in [-0.2, 0) is 0 Å². The lowest BCUT2D eigenvalue weighted by atomic mass is 10.00. The van der Waals surface area contributed by atoms with Gasteiger partial charge in [-0.3, -0.25) is 4.79 Å². The SMILES string of the molecule is O=c1[nH]c(-c2cc(Br)c(Br)s2)nc(O)c1C1CCCC1. The van der Waals surface area contributed by atoms with Crippen LogP contribution in [0.3, 0.4) is 0 Å². The molecule has 1 aliphatic rings. The molecule has 0 aromatic carbocycles. The average Bonchev–Trinajstić information content (AvgIpc) is 3.00. The number of aromatic hydroxyl groups is 1. The van der Waals surface area contributed by atoms with Gasteiger partial charge in [0.25, 0.3) is 5.56 Å². The van der Waals surface area contributed by atoms with E-state index in [1.165, 1.54) is 11.3 Å². The van der Waals surface area contributed by atoms with E-state index in [1.54, 1.807) is 0 Å². The molecule has 2 aromatic rings. The molecule has 0 atom stereocenters. The van der Waals surface area contributed by atoms with Gasteiger partial charge < -0.3 is 10.1 Å². The molecule has 2 aromatic heterocycles. The van der Waals surface area contributed by atoms with Crippen LogP contribution in [0.4, 0.5) is 0 Å². The van der Waals surface area contributed by atoms with Crippen LogP contribution in [0.15, 0.2) is 19.1 Å². The number of hydrogen-bond donors (Lipinski definition) is 2. The molecule has 2 N–H and O–H groups in total. The summed E-state index contributed by atoms with van der Waals surface area (Å²) in [5.74, 6) is 0.420. The van der Waals surface area contributed by atoms with Gasteiger partial charge in [0.2, 0.25) is 5.88 Å². The normalized spacial score (nSPS) is 15.9. The molecule has 1 aliphatic carbocycles. The maximum absolute atomic E-state index is 12.2. The molecular formula is C13H12Br2N2O2S. The number of H-pyrrole nitrogens is 1. The van der Waals surface area contributed by atoms with Gasteiger partial charge in [0.15, 0.2) is 5.82 Å². The molecule has 3 rings (SSSR count). The van der Waals surface area contributed by atoms with Crippen molar-refractivity contribution in [3.8, 4) is 16.6 Å². The molecule has 0 radical (unpaired) electrons. The van der Waals surface area contributed by atoms with Crippen molar-refractivity contribution in [1.29, 1.82) is 0 Å². The highest BCUT2D eigenvalue weighted by Crippen LogP contribution is 2.39. The fourth-order valence-electron chi connectivity index (χ4n) is 2.63. The van der Waals surface area contributed by atoms with E-state index in [0.717, 1.165) is 38.8 Å². The van der Waals surface area contributed by atoms with Crippen LogP contribution < -0.4 is 5.56 Å². The first-order chi connectivity index (χ1) is 9.56. The van der Waals surface area contributed by atoms with Crippen LogP contribution in [0, 0.1) is 0 Å². The summed E-state index contributed by atoms with van der Waals surface area (Å²) in [5, 5.41) is 10.1. The van der Waals surface area contributed by atoms with Crippen molar-refractivity contribution in [2.45, 2.75) is 31.6 Å². The Labute approximate surface area is 136 Å². The molecule has 106 valence electrons. The third-order valence-electron chi connectivity index (χ3n) is 3.58. The molecule has 0 amide bonds. The molecule has 0 aliphatic heterocycles. The smallest absolute Gasteiger partial charge is 0.258 e. The van der Waals surface area contributed by atoms with Crippen molar-refractivity contribution in [2.75, 3.05) is 0 Å². The Morgan fingerprint density at radius 3 is 2.60 bits per heavy atom. The van der Waals surface area contributed by atoms with Crippen LogP contribution in [-0.4, -0.2) is 15.1 Å². The number of aromatic amines is 1. The first-order valence-corrected chi connectivity index (χ1v) is 8.75. The minimum Gasteiger partial charge on any atom is -0.493 e. The monoisotopic (exact) mass is 418 g/mol. The van der Waals surface area contributed by atoms with Crippen LogP contribution >= 0.6 is 43.2 Å². The fraction of sp³-hybridized carbons (Fsp3) is 0.385. The first-order valence-electron chi connectivity index (χ1n) is 6.34. The third-order valence-corrected chi connectivity index (χ3v) is 6.84. The molecule has 20 heavy (non-hydrogen) atoms. The second-order valence-corrected chi connectivity index (χ2v) is 8.09. The number of nitrogens with zero attached hydrogens (tertiary/aromatic N) is 1. The zero-order chi connectivity index (χ0) is 14.3. The first kappa shape index (κ1) is 14.3. The summed E-state index contributed by atoms with van der Waals surface area (Å²) in [5.41, 5.74) is 0.223. The van der Waals surface area contributed by atoms with Crippen molar-refractivity contribution >= 4 is 43.2 Å². The lowest BCUT2D eigenvalue weighted by Crippen LogP contribution is -2.17. The van der Waals surface area contributed by atoms with Gasteiger partial charge in [-0.15, -0.1) is 11.3 Å². The highest BCUT2D eigenvalue weighted by molar-refractivity contribution is 9.13. The number of hydrogen-bond acceptors (Lipinski definition) is 4. The van der Waals surface area contributed by atoms with E-state index in [1.807, 2.05) is 6.07 Å². The Morgan fingerprint density at radius 1 is 1.35 bits per heavy atom. The number of thiophene rings is 1. The summed E-state index contributed by atoms with van der Waals surface area (Å²) >= 11 is 8.26. The van der Waals surface area contributed by atoms with E-state index >= 15 is 0 Å². The Kier molecular flexibility index (Phi) is 4.01. The highest BCUT2D eigenvalue weighted by Gasteiger charge is 2.25. The topological polar surface area (TPSA) is 66.0 Å². The van der Waals surface area contributed by atoms with Crippen molar-refractivity contribution in [3.05, 3.63) is 30.2 Å². The van der Waals surface area contributed by atoms with Gasteiger partial charge in [-0.25, -0.2) is 0 Å². The van der Waals surface area contributed by atoms with E-state index in [0.29, 0.717) is 11.4 Å². The van der Waals surface area contributed by atoms with E-state index in [9.17, 15) is 9.90 Å². The second kappa shape index (κ2) is 5.61. The Hall–Kier alpha value is -0.660. The van der Waals surface area contributed by atoms with E-state index in [2.05, 4.69) is 41.8 Å². The molecule has 0 saturated heterocycles. The predicted molar refractivity (Wildman–Crippen MR) is 86.4 cm³/mol. The molecule has 7 heteroatoms.